The third kappa shape index (κ3) is 3.79. The molecule has 0 aliphatic rings. The van der Waals surface area contributed by atoms with Gasteiger partial charge in [0.2, 0.25) is 5.91 Å². The molecule has 0 unspecified atom stereocenters. The fourth-order valence-electron chi connectivity index (χ4n) is 2.54. The number of carbonyl (C=O) groups is 1. The molecule has 0 bridgehead atoms. The molecule has 6 nitrogen and oxygen atoms in total. The zero-order valence-electron chi connectivity index (χ0n) is 13.7. The standard InChI is InChI=1S/C19H17N3O3/c1-24-13-19(23)21-15-5-7-16(8-6-15)25-12-14-11-22-9-3-2-4-18(22)17(14)10-20/h2-9,11H,12-13H2,1H3,(H,21,23). The number of aromatic nitrogens is 1. The third-order valence-electron chi connectivity index (χ3n) is 3.68. The maximum absolute atomic E-state index is 11.5. The van der Waals surface area contributed by atoms with Gasteiger partial charge in [0.15, 0.2) is 0 Å². The summed E-state index contributed by atoms with van der Waals surface area (Å²) in [6, 6.07) is 15.0. The molecule has 0 atom stereocenters. The molecular formula is C19H17N3O3. The summed E-state index contributed by atoms with van der Waals surface area (Å²) in [4.78, 5) is 11.5. The van der Waals surface area contributed by atoms with Gasteiger partial charge in [-0.2, -0.15) is 5.26 Å². The van der Waals surface area contributed by atoms with Crippen molar-refractivity contribution in [2.24, 2.45) is 0 Å². The SMILES string of the molecule is COCC(=O)Nc1ccc(OCc2cn3ccccc3c2C#N)cc1. The van der Waals surface area contributed by atoms with Crippen molar-refractivity contribution < 1.29 is 14.3 Å². The summed E-state index contributed by atoms with van der Waals surface area (Å²) in [6.45, 7) is 0.303. The molecule has 0 aliphatic heterocycles. The van der Waals surface area contributed by atoms with Crippen LogP contribution < -0.4 is 10.1 Å². The number of benzene rings is 1. The van der Waals surface area contributed by atoms with E-state index < -0.39 is 0 Å². The molecule has 0 fully saturated rings. The van der Waals surface area contributed by atoms with Gasteiger partial charge < -0.3 is 19.2 Å². The van der Waals surface area contributed by atoms with Crippen molar-refractivity contribution in [3.05, 3.63) is 66.0 Å². The number of anilines is 1. The molecule has 0 aliphatic carbocycles. The Hall–Kier alpha value is -3.30. The highest BCUT2D eigenvalue weighted by Gasteiger charge is 2.10. The summed E-state index contributed by atoms with van der Waals surface area (Å²) in [7, 11) is 1.47. The summed E-state index contributed by atoms with van der Waals surface area (Å²) in [5, 5.41) is 12.1. The summed E-state index contributed by atoms with van der Waals surface area (Å²) in [5.41, 5.74) is 2.97. The maximum atomic E-state index is 11.5. The molecule has 3 aromatic rings. The van der Waals surface area contributed by atoms with Gasteiger partial charge in [0.1, 0.15) is 25.0 Å². The normalized spacial score (nSPS) is 10.4. The average Bonchev–Trinajstić information content (AvgIpc) is 2.99. The first-order chi connectivity index (χ1) is 12.2. The topological polar surface area (TPSA) is 75.8 Å². The second kappa shape index (κ2) is 7.51. The van der Waals surface area contributed by atoms with E-state index >= 15 is 0 Å². The number of amides is 1. The van der Waals surface area contributed by atoms with Crippen molar-refractivity contribution in [1.29, 1.82) is 5.26 Å². The van der Waals surface area contributed by atoms with E-state index in [0.717, 1.165) is 11.1 Å². The van der Waals surface area contributed by atoms with Crippen LogP contribution in [0.15, 0.2) is 54.9 Å². The number of pyridine rings is 1. The van der Waals surface area contributed by atoms with Gasteiger partial charge in [-0.05, 0) is 36.4 Å². The van der Waals surface area contributed by atoms with Gasteiger partial charge in [-0.1, -0.05) is 6.07 Å². The smallest absolute Gasteiger partial charge is 0.250 e. The molecular weight excluding hydrogens is 318 g/mol. The lowest BCUT2D eigenvalue weighted by Crippen LogP contribution is -2.16. The molecule has 0 saturated heterocycles. The molecule has 126 valence electrons. The summed E-state index contributed by atoms with van der Waals surface area (Å²) in [6.07, 6.45) is 3.80. The van der Waals surface area contributed by atoms with Crippen LogP contribution in [-0.2, 0) is 16.1 Å². The molecule has 3 rings (SSSR count). The largest absolute Gasteiger partial charge is 0.489 e. The van der Waals surface area contributed by atoms with Crippen LogP contribution >= 0.6 is 0 Å². The van der Waals surface area contributed by atoms with Crippen LogP contribution in [0.3, 0.4) is 0 Å². The number of hydrogen-bond donors (Lipinski definition) is 1. The Morgan fingerprint density at radius 1 is 1.24 bits per heavy atom. The average molecular weight is 335 g/mol. The van der Waals surface area contributed by atoms with Crippen LogP contribution in [0.1, 0.15) is 11.1 Å². The van der Waals surface area contributed by atoms with Crippen LogP contribution in [0.25, 0.3) is 5.52 Å². The lowest BCUT2D eigenvalue weighted by molar-refractivity contribution is -0.119. The van der Waals surface area contributed by atoms with E-state index in [4.69, 9.17) is 9.47 Å². The summed E-state index contributed by atoms with van der Waals surface area (Å²) in [5.74, 6) is 0.444. The van der Waals surface area contributed by atoms with Crippen LogP contribution in [0.5, 0.6) is 5.75 Å². The van der Waals surface area contributed by atoms with E-state index in [2.05, 4.69) is 11.4 Å². The highest BCUT2D eigenvalue weighted by molar-refractivity contribution is 5.91. The lowest BCUT2D eigenvalue weighted by Gasteiger charge is -2.08. The first kappa shape index (κ1) is 16.6. The minimum Gasteiger partial charge on any atom is -0.489 e. The first-order valence-corrected chi connectivity index (χ1v) is 7.71. The quantitative estimate of drug-likeness (QED) is 0.751. The number of nitrogens with one attached hydrogen (secondary N) is 1. The van der Waals surface area contributed by atoms with Crippen LogP contribution in [0.2, 0.25) is 0 Å². The minimum absolute atomic E-state index is 0.0113. The van der Waals surface area contributed by atoms with E-state index in [9.17, 15) is 10.1 Å². The molecule has 0 saturated carbocycles. The third-order valence-corrected chi connectivity index (χ3v) is 3.68. The van der Waals surface area contributed by atoms with Crippen molar-refractivity contribution in [3.63, 3.8) is 0 Å². The Morgan fingerprint density at radius 3 is 2.76 bits per heavy atom. The Morgan fingerprint density at radius 2 is 2.04 bits per heavy atom. The van der Waals surface area contributed by atoms with Crippen molar-refractivity contribution in [3.8, 4) is 11.8 Å². The van der Waals surface area contributed by atoms with Gasteiger partial charge in [-0.15, -0.1) is 0 Å². The molecule has 1 aromatic carbocycles. The van der Waals surface area contributed by atoms with E-state index in [0.29, 0.717) is 23.6 Å². The zero-order chi connectivity index (χ0) is 17.6. The van der Waals surface area contributed by atoms with Crippen molar-refractivity contribution >= 4 is 17.1 Å². The number of rotatable bonds is 6. The van der Waals surface area contributed by atoms with Crippen LogP contribution in [0.4, 0.5) is 5.69 Å². The molecule has 25 heavy (non-hydrogen) atoms. The van der Waals surface area contributed by atoms with Gasteiger partial charge in [-0.3, -0.25) is 4.79 Å². The number of nitrogens with zero attached hydrogens (tertiary/aromatic N) is 2. The second-order valence-corrected chi connectivity index (χ2v) is 5.43. The van der Waals surface area contributed by atoms with Crippen molar-refractivity contribution in [2.45, 2.75) is 6.61 Å². The Labute approximate surface area is 145 Å². The molecule has 2 heterocycles. The fraction of sp³-hybridized carbons (Fsp3) is 0.158. The molecule has 1 amide bonds. The molecule has 0 spiro atoms. The number of hydrogen-bond acceptors (Lipinski definition) is 4. The molecule has 0 radical (unpaired) electrons. The maximum Gasteiger partial charge on any atom is 0.250 e. The number of carbonyl (C=O) groups excluding carboxylic acids is 1. The van der Waals surface area contributed by atoms with Crippen molar-refractivity contribution in [2.75, 3.05) is 19.0 Å². The van der Waals surface area contributed by atoms with Gasteiger partial charge >= 0.3 is 0 Å². The van der Waals surface area contributed by atoms with Gasteiger partial charge in [0, 0.05) is 30.8 Å². The van der Waals surface area contributed by atoms with E-state index in [-0.39, 0.29) is 12.5 Å². The summed E-state index contributed by atoms with van der Waals surface area (Å²) >= 11 is 0. The Kier molecular flexibility index (Phi) is 4.97. The number of methoxy groups -OCH3 is 1. The zero-order valence-corrected chi connectivity index (χ0v) is 13.7. The molecule has 2 aromatic heterocycles. The van der Waals surface area contributed by atoms with Gasteiger partial charge in [0.05, 0.1) is 11.1 Å². The van der Waals surface area contributed by atoms with Gasteiger partial charge in [0.25, 0.3) is 0 Å². The Bertz CT molecular complexity index is 923. The molecule has 1 N–H and O–H groups in total. The van der Waals surface area contributed by atoms with Crippen molar-refractivity contribution in [1.82, 2.24) is 4.40 Å². The monoisotopic (exact) mass is 335 g/mol. The van der Waals surface area contributed by atoms with E-state index in [1.165, 1.54) is 7.11 Å². The summed E-state index contributed by atoms with van der Waals surface area (Å²) < 4.78 is 12.4. The minimum atomic E-state index is -0.213. The molecule has 6 heteroatoms. The predicted octanol–water partition coefficient (Wildman–Crippen LogP) is 2.97. The number of nitriles is 1. The highest BCUT2D eigenvalue weighted by atomic mass is 16.5. The fourth-order valence-corrected chi connectivity index (χ4v) is 2.54. The lowest BCUT2D eigenvalue weighted by atomic mass is 10.2. The van der Waals surface area contributed by atoms with Crippen LogP contribution in [-0.4, -0.2) is 24.0 Å². The van der Waals surface area contributed by atoms with E-state index in [1.807, 2.05) is 35.0 Å². The predicted molar refractivity (Wildman–Crippen MR) is 93.4 cm³/mol. The Balaban J connectivity index is 1.68. The second-order valence-electron chi connectivity index (χ2n) is 5.43. The van der Waals surface area contributed by atoms with Gasteiger partial charge in [-0.25, -0.2) is 0 Å². The van der Waals surface area contributed by atoms with Crippen LogP contribution in [0, 0.1) is 11.3 Å². The number of ether oxygens (including phenoxy) is 2. The van der Waals surface area contributed by atoms with E-state index in [1.54, 1.807) is 24.3 Å². The highest BCUT2D eigenvalue weighted by Crippen LogP contribution is 2.21. The first-order valence-electron chi connectivity index (χ1n) is 7.71. The number of fused-ring (bicyclic) bond motifs is 1.